The van der Waals surface area contributed by atoms with E-state index in [4.69, 9.17) is 0 Å². The number of nitrogens with one attached hydrogen (secondary N) is 1. The summed E-state index contributed by atoms with van der Waals surface area (Å²) >= 11 is 0. The van der Waals surface area contributed by atoms with Crippen molar-refractivity contribution in [3.05, 3.63) is 66.0 Å². The van der Waals surface area contributed by atoms with E-state index in [2.05, 4.69) is 17.4 Å². The molecule has 1 heterocycles. The van der Waals surface area contributed by atoms with Crippen molar-refractivity contribution in [1.82, 2.24) is 9.62 Å². The third kappa shape index (κ3) is 5.42. The maximum absolute atomic E-state index is 13.9. The van der Waals surface area contributed by atoms with Gasteiger partial charge in [0, 0.05) is 25.0 Å². The summed E-state index contributed by atoms with van der Waals surface area (Å²) in [5, 5.41) is 3.05. The zero-order valence-electron chi connectivity index (χ0n) is 16.6. The van der Waals surface area contributed by atoms with Gasteiger partial charge < -0.3 is 5.32 Å². The second-order valence-corrected chi connectivity index (χ2v) is 9.45. The first kappa shape index (κ1) is 21.5. The first-order valence-corrected chi connectivity index (χ1v) is 11.4. The summed E-state index contributed by atoms with van der Waals surface area (Å²) in [4.78, 5) is 12.3. The molecule has 3 rings (SSSR count). The molecule has 29 heavy (non-hydrogen) atoms. The van der Waals surface area contributed by atoms with Gasteiger partial charge in [-0.15, -0.1) is 0 Å². The number of benzene rings is 2. The standard InChI is InChI=1S/C22H27FN2O3S/c1-17(11-12-18-7-3-2-4-8-18)24-22(26)19-13-15-25(16-14-19)29(27,28)21-10-6-5-9-20(21)23/h2-10,17,19H,11-16H2,1H3,(H,24,26)/t17-/m0/s1. The van der Waals surface area contributed by atoms with E-state index in [0.29, 0.717) is 12.8 Å². The van der Waals surface area contributed by atoms with Gasteiger partial charge in [0.2, 0.25) is 15.9 Å². The van der Waals surface area contributed by atoms with Gasteiger partial charge in [-0.25, -0.2) is 12.8 Å². The zero-order chi connectivity index (χ0) is 20.9. The maximum Gasteiger partial charge on any atom is 0.245 e. The second-order valence-electron chi connectivity index (χ2n) is 7.54. The van der Waals surface area contributed by atoms with Gasteiger partial charge in [0.15, 0.2) is 0 Å². The molecule has 1 aliphatic heterocycles. The number of aryl methyl sites for hydroxylation is 1. The first-order valence-electron chi connectivity index (χ1n) is 9.97. The van der Waals surface area contributed by atoms with Gasteiger partial charge in [-0.05, 0) is 50.3 Å². The third-order valence-electron chi connectivity index (χ3n) is 5.38. The highest BCUT2D eigenvalue weighted by atomic mass is 32.2. The van der Waals surface area contributed by atoms with Crippen LogP contribution in [0.1, 0.15) is 31.7 Å². The Kier molecular flexibility index (Phi) is 7.03. The summed E-state index contributed by atoms with van der Waals surface area (Å²) in [5.74, 6) is -1.01. The smallest absolute Gasteiger partial charge is 0.245 e. The van der Waals surface area contributed by atoms with Gasteiger partial charge in [0.1, 0.15) is 10.7 Å². The lowest BCUT2D eigenvalue weighted by Gasteiger charge is -2.31. The molecule has 1 fully saturated rings. The van der Waals surface area contributed by atoms with Crippen molar-refractivity contribution < 1.29 is 17.6 Å². The molecule has 0 radical (unpaired) electrons. The molecular formula is C22H27FN2O3S. The third-order valence-corrected chi connectivity index (χ3v) is 7.31. The highest BCUT2D eigenvalue weighted by Crippen LogP contribution is 2.25. The molecular weight excluding hydrogens is 391 g/mol. The van der Waals surface area contributed by atoms with Crippen LogP contribution in [0.2, 0.25) is 0 Å². The Balaban J connectivity index is 1.50. The molecule has 0 aromatic heterocycles. The molecule has 7 heteroatoms. The highest BCUT2D eigenvalue weighted by Gasteiger charge is 2.33. The quantitative estimate of drug-likeness (QED) is 0.750. The molecule has 0 unspecified atom stereocenters. The fourth-order valence-corrected chi connectivity index (χ4v) is 5.15. The van der Waals surface area contributed by atoms with Gasteiger partial charge in [0.25, 0.3) is 0 Å². The maximum atomic E-state index is 13.9. The number of piperidine rings is 1. The minimum Gasteiger partial charge on any atom is -0.353 e. The molecule has 1 N–H and O–H groups in total. The SMILES string of the molecule is C[C@@H](CCc1ccccc1)NC(=O)C1CCN(S(=O)(=O)c2ccccc2F)CC1. The lowest BCUT2D eigenvalue weighted by atomic mass is 9.96. The van der Waals surface area contributed by atoms with Crippen LogP contribution in [0.4, 0.5) is 4.39 Å². The van der Waals surface area contributed by atoms with Crippen LogP contribution in [-0.4, -0.2) is 37.8 Å². The monoisotopic (exact) mass is 418 g/mol. The van der Waals surface area contributed by atoms with Crippen LogP contribution in [-0.2, 0) is 21.2 Å². The Hall–Kier alpha value is -2.25. The number of sulfonamides is 1. The van der Waals surface area contributed by atoms with Crippen LogP contribution in [0.3, 0.4) is 0 Å². The Labute approximate surface area is 172 Å². The van der Waals surface area contributed by atoms with E-state index in [9.17, 15) is 17.6 Å². The lowest BCUT2D eigenvalue weighted by molar-refractivity contribution is -0.126. The van der Waals surface area contributed by atoms with Gasteiger partial charge in [0.05, 0.1) is 0 Å². The van der Waals surface area contributed by atoms with Crippen LogP contribution < -0.4 is 5.32 Å². The molecule has 2 aromatic rings. The summed E-state index contributed by atoms with van der Waals surface area (Å²) in [5.41, 5.74) is 1.24. The average molecular weight is 419 g/mol. The molecule has 0 aliphatic carbocycles. The van der Waals surface area contributed by atoms with E-state index >= 15 is 0 Å². The van der Waals surface area contributed by atoms with E-state index < -0.39 is 15.8 Å². The van der Waals surface area contributed by atoms with E-state index in [0.717, 1.165) is 18.9 Å². The van der Waals surface area contributed by atoms with E-state index in [-0.39, 0.29) is 35.9 Å². The lowest BCUT2D eigenvalue weighted by Crippen LogP contribution is -2.45. The Morgan fingerprint density at radius 3 is 2.38 bits per heavy atom. The van der Waals surface area contributed by atoms with Gasteiger partial charge in [-0.1, -0.05) is 42.5 Å². The first-order chi connectivity index (χ1) is 13.9. The molecule has 156 valence electrons. The van der Waals surface area contributed by atoms with Gasteiger partial charge in [-0.3, -0.25) is 4.79 Å². The number of hydrogen-bond donors (Lipinski definition) is 1. The van der Waals surface area contributed by atoms with E-state index in [1.54, 1.807) is 0 Å². The second kappa shape index (κ2) is 9.50. The number of carbonyl (C=O) groups is 1. The van der Waals surface area contributed by atoms with Crippen molar-refractivity contribution >= 4 is 15.9 Å². The summed E-state index contributed by atoms with van der Waals surface area (Å²) in [6.45, 7) is 2.42. The van der Waals surface area contributed by atoms with Crippen molar-refractivity contribution in [2.24, 2.45) is 5.92 Å². The largest absolute Gasteiger partial charge is 0.353 e. The molecule has 2 aromatic carbocycles. The summed E-state index contributed by atoms with van der Waals surface area (Å²) in [7, 11) is -3.88. The van der Waals surface area contributed by atoms with Crippen molar-refractivity contribution in [3.63, 3.8) is 0 Å². The predicted molar refractivity (Wildman–Crippen MR) is 110 cm³/mol. The van der Waals surface area contributed by atoms with Crippen LogP contribution >= 0.6 is 0 Å². The van der Waals surface area contributed by atoms with E-state index in [1.165, 1.54) is 28.1 Å². The number of hydrogen-bond acceptors (Lipinski definition) is 3. The number of rotatable bonds is 7. The average Bonchev–Trinajstić information content (AvgIpc) is 2.73. The van der Waals surface area contributed by atoms with E-state index in [1.807, 2.05) is 25.1 Å². The molecule has 1 aliphatic rings. The minimum atomic E-state index is -3.88. The molecule has 5 nitrogen and oxygen atoms in total. The van der Waals surface area contributed by atoms with Crippen molar-refractivity contribution in [1.29, 1.82) is 0 Å². The number of carbonyl (C=O) groups excluding carboxylic acids is 1. The van der Waals surface area contributed by atoms with Gasteiger partial charge >= 0.3 is 0 Å². The normalized spacial score (nSPS) is 17.0. The summed E-state index contributed by atoms with van der Waals surface area (Å²) < 4.78 is 40.5. The molecule has 0 saturated carbocycles. The van der Waals surface area contributed by atoms with Crippen LogP contribution in [0.15, 0.2) is 59.5 Å². The molecule has 1 saturated heterocycles. The molecule has 1 atom stereocenters. The van der Waals surface area contributed by atoms with Crippen LogP contribution in [0.25, 0.3) is 0 Å². The highest BCUT2D eigenvalue weighted by molar-refractivity contribution is 7.89. The van der Waals surface area contributed by atoms with Crippen LogP contribution in [0.5, 0.6) is 0 Å². The topological polar surface area (TPSA) is 66.5 Å². The fraction of sp³-hybridized carbons (Fsp3) is 0.409. The van der Waals surface area contributed by atoms with Crippen molar-refractivity contribution in [2.45, 2.75) is 43.5 Å². The zero-order valence-corrected chi connectivity index (χ0v) is 17.4. The van der Waals surface area contributed by atoms with Gasteiger partial charge in [-0.2, -0.15) is 4.31 Å². The summed E-state index contributed by atoms with van der Waals surface area (Å²) in [6, 6.07) is 15.6. The fourth-order valence-electron chi connectivity index (χ4n) is 3.61. The number of amides is 1. The summed E-state index contributed by atoms with van der Waals surface area (Å²) in [6.07, 6.45) is 2.60. The van der Waals surface area contributed by atoms with Crippen molar-refractivity contribution in [2.75, 3.05) is 13.1 Å². The number of halogens is 1. The van der Waals surface area contributed by atoms with Crippen molar-refractivity contribution in [3.8, 4) is 0 Å². The number of nitrogens with zero attached hydrogens (tertiary/aromatic N) is 1. The predicted octanol–water partition coefficient (Wildman–Crippen LogP) is 3.36. The Morgan fingerprint density at radius 1 is 1.10 bits per heavy atom. The van der Waals surface area contributed by atoms with Crippen LogP contribution in [0, 0.1) is 11.7 Å². The molecule has 0 spiro atoms. The molecule has 0 bridgehead atoms. The Bertz CT molecular complexity index is 926. The Morgan fingerprint density at radius 2 is 1.72 bits per heavy atom. The minimum absolute atomic E-state index is 0.0338. The molecule has 1 amide bonds.